The van der Waals surface area contributed by atoms with Crippen LogP contribution in [0, 0.1) is 13.8 Å². The number of nitrogens with zero attached hydrogens (tertiary/aromatic N) is 3. The lowest BCUT2D eigenvalue weighted by Gasteiger charge is -2.23. The second-order valence-corrected chi connectivity index (χ2v) is 4.52. The maximum Gasteiger partial charge on any atom is 0.247 e. The van der Waals surface area contributed by atoms with Crippen LogP contribution in [-0.2, 0) is 16.2 Å². The third-order valence-electron chi connectivity index (χ3n) is 2.89. The van der Waals surface area contributed by atoms with Crippen LogP contribution in [0.5, 0.6) is 0 Å². The predicted octanol–water partition coefficient (Wildman–Crippen LogP) is 2.58. The first-order valence-electron chi connectivity index (χ1n) is 6.34. The zero-order chi connectivity index (χ0) is 14.5. The summed E-state index contributed by atoms with van der Waals surface area (Å²) >= 11 is 0. The van der Waals surface area contributed by atoms with E-state index in [1.165, 1.54) is 12.0 Å². The van der Waals surface area contributed by atoms with E-state index in [-0.39, 0.29) is 12.5 Å². The molecule has 5 nitrogen and oxygen atoms in total. The highest BCUT2D eigenvalue weighted by Gasteiger charge is 2.17. The van der Waals surface area contributed by atoms with E-state index in [0.717, 1.165) is 16.8 Å². The van der Waals surface area contributed by atoms with Crippen LogP contribution in [0.3, 0.4) is 0 Å². The van der Waals surface area contributed by atoms with Crippen molar-refractivity contribution in [1.29, 1.82) is 0 Å². The van der Waals surface area contributed by atoms with Gasteiger partial charge in [-0.05, 0) is 25.0 Å². The third-order valence-corrected chi connectivity index (χ3v) is 2.89. The molecule has 1 aromatic heterocycles. The van der Waals surface area contributed by atoms with E-state index in [0.29, 0.717) is 5.69 Å². The number of carbonyl (C=O) groups excluding carboxylic acids is 1. The highest BCUT2D eigenvalue weighted by atomic mass is 16.7. The Morgan fingerprint density at radius 3 is 2.50 bits per heavy atom. The van der Waals surface area contributed by atoms with Crippen LogP contribution in [0.2, 0.25) is 0 Å². The Balaban J connectivity index is 2.22. The summed E-state index contributed by atoms with van der Waals surface area (Å²) in [4.78, 5) is 25.5. The predicted molar refractivity (Wildman–Crippen MR) is 75.9 cm³/mol. The van der Waals surface area contributed by atoms with Gasteiger partial charge in [-0.3, -0.25) is 19.6 Å². The number of hydrogen-bond acceptors (Lipinski definition) is 4. The Bertz CT molecular complexity index is 579. The summed E-state index contributed by atoms with van der Waals surface area (Å²) in [5.41, 5.74) is 3.42. The van der Waals surface area contributed by atoms with Gasteiger partial charge in [-0.25, -0.2) is 0 Å². The molecule has 0 aliphatic rings. The molecule has 0 aliphatic carbocycles. The number of hydrogen-bond donors (Lipinski definition) is 0. The molecule has 1 aromatic carbocycles. The smallest absolute Gasteiger partial charge is 0.247 e. The third kappa shape index (κ3) is 3.19. The molecule has 0 atom stereocenters. The molecule has 0 saturated carbocycles. The molecule has 0 N–H and O–H groups in total. The van der Waals surface area contributed by atoms with Gasteiger partial charge >= 0.3 is 0 Å². The first-order chi connectivity index (χ1) is 9.59. The summed E-state index contributed by atoms with van der Waals surface area (Å²) in [5.74, 6) is -0.175. The molecule has 2 rings (SSSR count). The Labute approximate surface area is 118 Å². The number of hydroxylamine groups is 1. The molecule has 0 bridgehead atoms. The fourth-order valence-electron chi connectivity index (χ4n) is 1.97. The minimum absolute atomic E-state index is 0.175. The Morgan fingerprint density at radius 2 is 1.95 bits per heavy atom. The molecular formula is C15H17N3O2. The molecule has 0 radical (unpaired) electrons. The summed E-state index contributed by atoms with van der Waals surface area (Å²) < 4.78 is 0. The van der Waals surface area contributed by atoms with Crippen molar-refractivity contribution in [2.45, 2.75) is 27.4 Å². The zero-order valence-electron chi connectivity index (χ0n) is 11.8. The van der Waals surface area contributed by atoms with Crippen molar-refractivity contribution in [3.05, 3.63) is 53.6 Å². The number of carbonyl (C=O) groups is 1. The highest BCUT2D eigenvalue weighted by Crippen LogP contribution is 2.25. The van der Waals surface area contributed by atoms with E-state index in [9.17, 15) is 4.79 Å². The fourth-order valence-corrected chi connectivity index (χ4v) is 1.97. The first-order valence-corrected chi connectivity index (χ1v) is 6.34. The van der Waals surface area contributed by atoms with E-state index < -0.39 is 0 Å². The molecule has 0 aliphatic heterocycles. The number of amides is 1. The van der Waals surface area contributed by atoms with Gasteiger partial charge in [-0.1, -0.05) is 18.2 Å². The van der Waals surface area contributed by atoms with E-state index in [4.69, 9.17) is 4.84 Å². The molecule has 1 amide bonds. The van der Waals surface area contributed by atoms with Crippen molar-refractivity contribution in [1.82, 2.24) is 9.97 Å². The average molecular weight is 271 g/mol. The summed E-state index contributed by atoms with van der Waals surface area (Å²) in [6.07, 6.45) is 4.80. The van der Waals surface area contributed by atoms with Crippen LogP contribution >= 0.6 is 0 Å². The minimum Gasteiger partial charge on any atom is -0.273 e. The van der Waals surface area contributed by atoms with Gasteiger partial charge in [0.1, 0.15) is 6.61 Å². The van der Waals surface area contributed by atoms with E-state index in [1.807, 2.05) is 32.0 Å². The standard InChI is InChI=1S/C15H17N3O2/c1-11-5-4-6-12(2)15(11)18(13(3)19)20-10-14-9-16-7-8-17-14/h4-9H,10H2,1-3H3. The van der Waals surface area contributed by atoms with Gasteiger partial charge in [0.05, 0.1) is 17.6 Å². The van der Waals surface area contributed by atoms with Crippen LogP contribution in [0.4, 0.5) is 5.69 Å². The van der Waals surface area contributed by atoms with Gasteiger partial charge in [0, 0.05) is 19.3 Å². The molecule has 20 heavy (non-hydrogen) atoms. The van der Waals surface area contributed by atoms with Crippen molar-refractivity contribution in [2.75, 3.05) is 5.06 Å². The lowest BCUT2D eigenvalue weighted by molar-refractivity contribution is -0.124. The summed E-state index contributed by atoms with van der Waals surface area (Å²) in [5, 5.41) is 1.32. The SMILES string of the molecule is CC(=O)N(OCc1cnccn1)c1c(C)cccc1C. The van der Waals surface area contributed by atoms with Crippen molar-refractivity contribution >= 4 is 11.6 Å². The second kappa shape index (κ2) is 6.25. The van der Waals surface area contributed by atoms with Gasteiger partial charge in [0.2, 0.25) is 5.91 Å². The molecular weight excluding hydrogens is 254 g/mol. The van der Waals surface area contributed by atoms with Crippen LogP contribution in [-0.4, -0.2) is 15.9 Å². The van der Waals surface area contributed by atoms with E-state index in [1.54, 1.807) is 18.6 Å². The quantitative estimate of drug-likeness (QED) is 0.802. The maximum atomic E-state index is 11.8. The molecule has 0 saturated heterocycles. The van der Waals surface area contributed by atoms with Crippen LogP contribution in [0.15, 0.2) is 36.8 Å². The number of benzene rings is 1. The zero-order valence-corrected chi connectivity index (χ0v) is 11.8. The van der Waals surface area contributed by atoms with Crippen LogP contribution in [0.25, 0.3) is 0 Å². The topological polar surface area (TPSA) is 55.3 Å². The maximum absolute atomic E-state index is 11.8. The van der Waals surface area contributed by atoms with Crippen LogP contribution < -0.4 is 5.06 Å². The normalized spacial score (nSPS) is 10.3. The van der Waals surface area contributed by atoms with Crippen LogP contribution in [0.1, 0.15) is 23.7 Å². The van der Waals surface area contributed by atoms with E-state index in [2.05, 4.69) is 9.97 Å². The molecule has 1 heterocycles. The van der Waals surface area contributed by atoms with Gasteiger partial charge in [-0.2, -0.15) is 5.06 Å². The summed E-state index contributed by atoms with van der Waals surface area (Å²) in [7, 11) is 0. The molecule has 104 valence electrons. The lowest BCUT2D eigenvalue weighted by atomic mass is 10.1. The lowest BCUT2D eigenvalue weighted by Crippen LogP contribution is -2.30. The van der Waals surface area contributed by atoms with Crippen molar-refractivity contribution in [3.63, 3.8) is 0 Å². The molecule has 0 unspecified atom stereocenters. The number of anilines is 1. The first kappa shape index (κ1) is 14.1. The molecule has 0 spiro atoms. The van der Waals surface area contributed by atoms with Gasteiger partial charge in [-0.15, -0.1) is 0 Å². The van der Waals surface area contributed by atoms with Gasteiger partial charge in [0.15, 0.2) is 0 Å². The summed E-state index contributed by atoms with van der Waals surface area (Å²) in [6.45, 7) is 5.57. The minimum atomic E-state index is -0.175. The molecule has 2 aromatic rings. The second-order valence-electron chi connectivity index (χ2n) is 4.52. The number of aryl methyl sites for hydroxylation is 2. The Kier molecular flexibility index (Phi) is 4.42. The summed E-state index contributed by atoms with van der Waals surface area (Å²) in [6, 6.07) is 5.85. The number of para-hydroxylation sites is 1. The fraction of sp³-hybridized carbons (Fsp3) is 0.267. The van der Waals surface area contributed by atoms with Crippen molar-refractivity contribution < 1.29 is 9.63 Å². The molecule has 5 heteroatoms. The Hall–Kier alpha value is -2.27. The van der Waals surface area contributed by atoms with Gasteiger partial charge < -0.3 is 0 Å². The van der Waals surface area contributed by atoms with Gasteiger partial charge in [0.25, 0.3) is 0 Å². The average Bonchev–Trinajstić information content (AvgIpc) is 2.42. The van der Waals surface area contributed by atoms with E-state index >= 15 is 0 Å². The number of aromatic nitrogens is 2. The Morgan fingerprint density at radius 1 is 1.25 bits per heavy atom. The highest BCUT2D eigenvalue weighted by molar-refractivity contribution is 5.91. The number of rotatable bonds is 4. The largest absolute Gasteiger partial charge is 0.273 e. The monoisotopic (exact) mass is 271 g/mol. The van der Waals surface area contributed by atoms with Crippen molar-refractivity contribution in [2.24, 2.45) is 0 Å². The molecule has 0 fully saturated rings. The van der Waals surface area contributed by atoms with Crippen molar-refractivity contribution in [3.8, 4) is 0 Å².